The van der Waals surface area contributed by atoms with E-state index in [-0.39, 0.29) is 12.8 Å². The highest BCUT2D eigenvalue weighted by Gasteiger charge is 2.20. The molecule has 1 unspecified atom stereocenters. The first-order chi connectivity index (χ1) is 9.31. The summed E-state index contributed by atoms with van der Waals surface area (Å²) < 4.78 is 16.9. The molecule has 0 amide bonds. The van der Waals surface area contributed by atoms with Gasteiger partial charge in [0.25, 0.3) is 0 Å². The highest BCUT2D eigenvalue weighted by molar-refractivity contribution is 7.22. The molecule has 0 fully saturated rings. The van der Waals surface area contributed by atoms with Gasteiger partial charge in [0.2, 0.25) is 6.79 Å². The lowest BCUT2D eigenvalue weighted by Crippen LogP contribution is -2.32. The van der Waals surface area contributed by atoms with Crippen molar-refractivity contribution in [3.8, 4) is 11.5 Å². The third kappa shape index (κ3) is 2.32. The van der Waals surface area contributed by atoms with E-state index in [1.165, 1.54) is 0 Å². The summed E-state index contributed by atoms with van der Waals surface area (Å²) >= 11 is 1.56. The first-order valence-electron chi connectivity index (χ1n) is 5.96. The van der Waals surface area contributed by atoms with Gasteiger partial charge in [0, 0.05) is 13.7 Å². The normalized spacial score (nSPS) is 14.8. The van der Waals surface area contributed by atoms with E-state index in [0.29, 0.717) is 13.2 Å². The van der Waals surface area contributed by atoms with Crippen LogP contribution in [0.1, 0.15) is 0 Å². The van der Waals surface area contributed by atoms with E-state index in [2.05, 4.69) is 10.3 Å². The van der Waals surface area contributed by atoms with Crippen LogP contribution in [0.5, 0.6) is 11.5 Å². The Morgan fingerprint density at radius 2 is 2.42 bits per heavy atom. The second kappa shape index (κ2) is 5.20. The monoisotopic (exact) mass is 281 g/mol. The van der Waals surface area contributed by atoms with Crippen LogP contribution in [0.15, 0.2) is 12.1 Å². The van der Waals surface area contributed by atoms with E-state index in [4.69, 9.17) is 19.9 Å². The first kappa shape index (κ1) is 12.5. The smallest absolute Gasteiger partial charge is 0.231 e. The maximum Gasteiger partial charge on any atom is 0.231 e. The van der Waals surface area contributed by atoms with E-state index >= 15 is 0 Å². The van der Waals surface area contributed by atoms with Crippen LogP contribution >= 0.6 is 11.3 Å². The molecule has 1 atom stereocenters. The zero-order chi connectivity index (χ0) is 13.2. The number of nitrogens with one attached hydrogen (secondary N) is 1. The number of aromatic nitrogens is 1. The quantitative estimate of drug-likeness (QED) is 0.862. The van der Waals surface area contributed by atoms with Crippen molar-refractivity contribution in [1.29, 1.82) is 0 Å². The minimum atomic E-state index is 0.0516. The van der Waals surface area contributed by atoms with Crippen LogP contribution in [0.4, 0.5) is 5.13 Å². The highest BCUT2D eigenvalue weighted by Crippen LogP contribution is 2.41. The van der Waals surface area contributed by atoms with Gasteiger partial charge in [-0.25, -0.2) is 4.98 Å². The number of methoxy groups -OCH3 is 1. The fourth-order valence-electron chi connectivity index (χ4n) is 1.96. The average Bonchev–Trinajstić information content (AvgIpc) is 3.02. The lowest BCUT2D eigenvalue weighted by Gasteiger charge is -2.14. The molecule has 1 aliphatic rings. The van der Waals surface area contributed by atoms with Crippen molar-refractivity contribution in [2.24, 2.45) is 5.73 Å². The molecule has 1 aliphatic heterocycles. The number of nitrogens with zero attached hydrogens (tertiary/aromatic N) is 1. The van der Waals surface area contributed by atoms with E-state index < -0.39 is 0 Å². The Kier molecular flexibility index (Phi) is 3.41. The number of hydrogen-bond acceptors (Lipinski definition) is 7. The molecule has 7 heteroatoms. The number of rotatable bonds is 5. The van der Waals surface area contributed by atoms with Gasteiger partial charge in [0.1, 0.15) is 5.52 Å². The van der Waals surface area contributed by atoms with Gasteiger partial charge in [-0.1, -0.05) is 11.3 Å². The van der Waals surface area contributed by atoms with Gasteiger partial charge < -0.3 is 25.3 Å². The molecule has 3 N–H and O–H groups in total. The lowest BCUT2D eigenvalue weighted by molar-refractivity contribution is 0.174. The number of thiazole rings is 1. The van der Waals surface area contributed by atoms with Gasteiger partial charge in [0.05, 0.1) is 17.3 Å². The van der Waals surface area contributed by atoms with Gasteiger partial charge in [0.15, 0.2) is 16.6 Å². The van der Waals surface area contributed by atoms with Crippen molar-refractivity contribution in [3.63, 3.8) is 0 Å². The number of ether oxygens (including phenoxy) is 3. The summed E-state index contributed by atoms with van der Waals surface area (Å²) in [5, 5.41) is 4.08. The van der Waals surface area contributed by atoms with Crippen LogP contribution in [0, 0.1) is 0 Å². The summed E-state index contributed by atoms with van der Waals surface area (Å²) in [5.74, 6) is 1.47. The average molecular weight is 281 g/mol. The van der Waals surface area contributed by atoms with Crippen molar-refractivity contribution in [2.75, 3.05) is 32.4 Å². The van der Waals surface area contributed by atoms with Crippen molar-refractivity contribution in [3.05, 3.63) is 12.1 Å². The number of anilines is 1. The molecule has 102 valence electrons. The van der Waals surface area contributed by atoms with Crippen LogP contribution in [0.25, 0.3) is 10.2 Å². The maximum absolute atomic E-state index is 5.68. The largest absolute Gasteiger partial charge is 0.454 e. The molecule has 0 saturated heterocycles. The molecule has 0 aliphatic carbocycles. The van der Waals surface area contributed by atoms with Gasteiger partial charge in [-0.3, -0.25) is 0 Å². The molecule has 2 aromatic rings. The molecule has 1 aromatic carbocycles. The van der Waals surface area contributed by atoms with Crippen molar-refractivity contribution < 1.29 is 14.2 Å². The summed E-state index contributed by atoms with van der Waals surface area (Å²) in [4.78, 5) is 4.55. The number of hydrogen-bond donors (Lipinski definition) is 2. The Morgan fingerprint density at radius 1 is 1.53 bits per heavy atom. The van der Waals surface area contributed by atoms with E-state index in [0.717, 1.165) is 26.8 Å². The SMILES string of the molecule is COCC(CN)Nc1nc2c3c(ccc2s1)OCO3. The summed E-state index contributed by atoms with van der Waals surface area (Å²) in [7, 11) is 1.65. The Hall–Kier alpha value is -1.57. The molecule has 0 radical (unpaired) electrons. The standard InChI is InChI=1S/C12H15N3O3S/c1-16-5-7(4-13)14-12-15-10-9(19-12)3-2-8-11(10)18-6-17-8/h2-3,7H,4-6,13H2,1H3,(H,14,15). The summed E-state index contributed by atoms with van der Waals surface area (Å²) in [6.07, 6.45) is 0. The van der Waals surface area contributed by atoms with E-state index in [9.17, 15) is 0 Å². The zero-order valence-electron chi connectivity index (χ0n) is 10.5. The fourth-order valence-corrected chi connectivity index (χ4v) is 2.90. The molecule has 0 saturated carbocycles. The molecular weight excluding hydrogens is 266 g/mol. The molecule has 19 heavy (non-hydrogen) atoms. The maximum atomic E-state index is 5.68. The van der Waals surface area contributed by atoms with Crippen molar-refractivity contribution in [2.45, 2.75) is 6.04 Å². The lowest BCUT2D eigenvalue weighted by atomic mass is 10.3. The Balaban J connectivity index is 1.89. The van der Waals surface area contributed by atoms with Crippen LogP contribution in [-0.4, -0.2) is 38.1 Å². The predicted octanol–water partition coefficient (Wildman–Crippen LogP) is 1.41. The van der Waals surface area contributed by atoms with Gasteiger partial charge in [-0.15, -0.1) is 0 Å². The van der Waals surface area contributed by atoms with Crippen LogP contribution in [0.3, 0.4) is 0 Å². The van der Waals surface area contributed by atoms with Gasteiger partial charge in [-0.2, -0.15) is 0 Å². The zero-order valence-corrected chi connectivity index (χ0v) is 11.3. The predicted molar refractivity (Wildman–Crippen MR) is 74.1 cm³/mol. The summed E-state index contributed by atoms with van der Waals surface area (Å²) in [5.41, 5.74) is 6.51. The second-order valence-electron chi connectivity index (χ2n) is 4.20. The Labute approximate surface area is 114 Å². The molecule has 0 spiro atoms. The third-order valence-corrected chi connectivity index (χ3v) is 3.83. The number of nitrogens with two attached hydrogens (primary N) is 1. The number of benzene rings is 1. The highest BCUT2D eigenvalue weighted by atomic mass is 32.1. The summed E-state index contributed by atoms with van der Waals surface area (Å²) in [6.45, 7) is 1.29. The molecule has 3 rings (SSSR count). The van der Waals surface area contributed by atoms with E-state index in [1.807, 2.05) is 12.1 Å². The molecular formula is C12H15N3O3S. The minimum Gasteiger partial charge on any atom is -0.454 e. The summed E-state index contributed by atoms with van der Waals surface area (Å²) in [6, 6.07) is 3.94. The first-order valence-corrected chi connectivity index (χ1v) is 6.78. The molecule has 6 nitrogen and oxygen atoms in total. The molecule has 1 aromatic heterocycles. The Bertz CT molecular complexity index is 587. The fraction of sp³-hybridized carbons (Fsp3) is 0.417. The Morgan fingerprint density at radius 3 is 3.21 bits per heavy atom. The topological polar surface area (TPSA) is 78.6 Å². The van der Waals surface area contributed by atoms with Crippen LogP contribution in [-0.2, 0) is 4.74 Å². The van der Waals surface area contributed by atoms with Gasteiger partial charge >= 0.3 is 0 Å². The van der Waals surface area contributed by atoms with Crippen LogP contribution < -0.4 is 20.5 Å². The third-order valence-electron chi connectivity index (χ3n) is 2.88. The van der Waals surface area contributed by atoms with Crippen molar-refractivity contribution >= 4 is 26.7 Å². The second-order valence-corrected chi connectivity index (χ2v) is 5.23. The minimum absolute atomic E-state index is 0.0516. The molecule has 0 bridgehead atoms. The number of fused-ring (bicyclic) bond motifs is 3. The van der Waals surface area contributed by atoms with Crippen LogP contribution in [0.2, 0.25) is 0 Å². The van der Waals surface area contributed by atoms with Gasteiger partial charge in [-0.05, 0) is 12.1 Å². The van der Waals surface area contributed by atoms with E-state index in [1.54, 1.807) is 18.4 Å². The van der Waals surface area contributed by atoms with Crippen molar-refractivity contribution in [1.82, 2.24) is 4.98 Å². The molecule has 2 heterocycles.